The third-order valence-electron chi connectivity index (χ3n) is 3.42. The minimum atomic E-state index is -6.83. The quantitative estimate of drug-likeness (QED) is 0.408. The molecular weight excluding hydrogens is 433 g/mol. The molecule has 2 aromatic rings. The Balaban J connectivity index is 3.12. The number of aromatic nitrogens is 2. The van der Waals surface area contributed by atoms with Gasteiger partial charge in [-0.25, -0.2) is 4.21 Å². The number of thiocyanates is 1. The number of alkyl halides is 6. The summed E-state index contributed by atoms with van der Waals surface area (Å²) in [5.41, 5.74) is -3.58. The third kappa shape index (κ3) is 2.45. The van der Waals surface area contributed by atoms with Crippen molar-refractivity contribution in [2.24, 2.45) is 0 Å². The number of nitrogens with two attached hydrogens (primary N) is 1. The van der Waals surface area contributed by atoms with Crippen LogP contribution in [-0.2, 0) is 15.2 Å². The Morgan fingerprint density at radius 3 is 2.19 bits per heavy atom. The van der Waals surface area contributed by atoms with Crippen LogP contribution in [0.25, 0.3) is 0 Å². The molecule has 1 aromatic carbocycles. The Morgan fingerprint density at radius 1 is 1.23 bits per heavy atom. The van der Waals surface area contributed by atoms with Crippen molar-refractivity contribution in [2.75, 3.05) is 5.73 Å². The summed E-state index contributed by atoms with van der Waals surface area (Å²) >= 11 is 11.2. The molecule has 0 saturated heterocycles. The zero-order chi connectivity index (χ0) is 20.2. The normalized spacial score (nSPS) is 14.5. The number of nitrogens with one attached hydrogen (secondary N) is 1. The molecule has 0 bridgehead atoms. The topological polar surface area (TPSA) is 95.6 Å². The minimum Gasteiger partial charge on any atom is -0.397 e. The summed E-state index contributed by atoms with van der Waals surface area (Å²) < 4.78 is 93.9. The van der Waals surface area contributed by atoms with Crippen LogP contribution >= 0.6 is 23.2 Å². The second kappa shape index (κ2) is 5.77. The predicted molar refractivity (Wildman–Crippen MR) is 80.8 cm³/mol. The lowest BCUT2D eigenvalue weighted by Gasteiger charge is -2.37. The van der Waals surface area contributed by atoms with Crippen LogP contribution in [0.3, 0.4) is 0 Å². The largest absolute Gasteiger partial charge is 0.472 e. The molecule has 0 aliphatic rings. The first-order valence-corrected chi connectivity index (χ1v) is 8.91. The number of nitrogen functional groups attached to an aromatic ring is 1. The van der Waals surface area contributed by atoms with Crippen LogP contribution in [0.5, 0.6) is 0 Å². The molecule has 0 amide bonds. The van der Waals surface area contributed by atoms with Gasteiger partial charge in [0.15, 0.2) is 5.40 Å². The molecule has 142 valence electrons. The molecule has 0 spiro atoms. The predicted octanol–water partition coefficient (Wildman–Crippen LogP) is 4.56. The van der Waals surface area contributed by atoms with Gasteiger partial charge < -0.3 is 5.73 Å². The van der Waals surface area contributed by atoms with Gasteiger partial charge in [0.25, 0.3) is 0 Å². The highest BCUT2D eigenvalue weighted by atomic mass is 35.5. The van der Waals surface area contributed by atoms with Gasteiger partial charge in [-0.2, -0.15) is 36.7 Å². The molecule has 1 heterocycles. The van der Waals surface area contributed by atoms with Crippen molar-refractivity contribution in [1.82, 2.24) is 10.2 Å². The second-order valence-electron chi connectivity index (χ2n) is 4.86. The van der Waals surface area contributed by atoms with Crippen LogP contribution in [0.4, 0.5) is 32.0 Å². The van der Waals surface area contributed by atoms with Crippen LogP contribution in [-0.4, -0.2) is 19.9 Å². The number of hydrogen-bond acceptors (Lipinski definition) is 4. The molecule has 0 fully saturated rings. The van der Waals surface area contributed by atoms with E-state index in [4.69, 9.17) is 28.9 Å². The number of H-pyrrole nitrogens is 1. The van der Waals surface area contributed by atoms with Gasteiger partial charge in [-0.3, -0.25) is 5.10 Å². The number of nitriles is 1. The summed E-state index contributed by atoms with van der Waals surface area (Å²) in [6.07, 6.45) is -4.34. The van der Waals surface area contributed by atoms with E-state index in [1.54, 1.807) is 5.10 Å². The van der Waals surface area contributed by atoms with Crippen LogP contribution < -0.4 is 5.73 Å². The molecule has 14 heteroatoms. The van der Waals surface area contributed by atoms with Crippen LogP contribution in [0.15, 0.2) is 28.3 Å². The van der Waals surface area contributed by atoms with Gasteiger partial charge in [0.2, 0.25) is 0 Å². The molecule has 0 aliphatic heterocycles. The van der Waals surface area contributed by atoms with E-state index in [0.29, 0.717) is 11.5 Å². The number of benzene rings is 1. The molecule has 1 aromatic heterocycles. The SMILES string of the molecule is N#CS(=O)(c1ccn[nH]1)(c1c(Cl)cc(C(F)(F)F)c(N)c1Cl)C(F)(F)F. The molecule has 5 nitrogen and oxygen atoms in total. The summed E-state index contributed by atoms with van der Waals surface area (Å²) in [6, 6.07) is 0.608. The summed E-state index contributed by atoms with van der Waals surface area (Å²) in [5, 5.41) is 11.0. The first kappa shape index (κ1) is 20.3. The molecule has 0 radical (unpaired) electrons. The number of nitrogens with zero attached hydrogens (tertiary/aromatic N) is 2. The van der Waals surface area contributed by atoms with Crippen molar-refractivity contribution in [3.8, 4) is 5.40 Å². The lowest BCUT2D eigenvalue weighted by atomic mass is 10.2. The fourth-order valence-corrected chi connectivity index (χ4v) is 5.93. The van der Waals surface area contributed by atoms with E-state index in [9.17, 15) is 35.8 Å². The Hall–Kier alpha value is -1.97. The van der Waals surface area contributed by atoms with Gasteiger partial charge in [0, 0.05) is 6.20 Å². The second-order valence-corrected chi connectivity index (χ2v) is 9.03. The first-order valence-electron chi connectivity index (χ1n) is 6.19. The third-order valence-corrected chi connectivity index (χ3v) is 7.84. The van der Waals surface area contributed by atoms with Gasteiger partial charge in [0.1, 0.15) is 14.1 Å². The monoisotopic (exact) mass is 438 g/mol. The fourth-order valence-electron chi connectivity index (χ4n) is 2.16. The molecule has 0 saturated carbocycles. The molecule has 26 heavy (non-hydrogen) atoms. The number of halogens is 8. The molecule has 0 aliphatic carbocycles. The maximum Gasteiger partial charge on any atom is 0.472 e. The zero-order valence-electron chi connectivity index (χ0n) is 12.0. The van der Waals surface area contributed by atoms with E-state index in [1.165, 1.54) is 0 Å². The highest BCUT2D eigenvalue weighted by Crippen LogP contribution is 2.60. The Morgan fingerprint density at radius 2 is 1.81 bits per heavy atom. The molecule has 0 atom stereocenters. The van der Waals surface area contributed by atoms with Gasteiger partial charge in [-0.15, -0.1) is 0 Å². The van der Waals surface area contributed by atoms with Gasteiger partial charge in [0.05, 0.1) is 26.2 Å². The van der Waals surface area contributed by atoms with Gasteiger partial charge >= 0.3 is 11.7 Å². The van der Waals surface area contributed by atoms with E-state index in [2.05, 4.69) is 5.10 Å². The van der Waals surface area contributed by atoms with E-state index in [-0.39, 0.29) is 6.07 Å². The van der Waals surface area contributed by atoms with E-state index < -0.39 is 52.0 Å². The Kier molecular flexibility index (Phi) is 4.51. The first-order chi connectivity index (χ1) is 11.7. The van der Waals surface area contributed by atoms with Crippen LogP contribution in [0.1, 0.15) is 5.56 Å². The van der Waals surface area contributed by atoms with Crippen molar-refractivity contribution in [3.05, 3.63) is 33.9 Å². The minimum absolute atomic E-state index is 0.0330. The van der Waals surface area contributed by atoms with Crippen molar-refractivity contribution in [2.45, 2.75) is 21.6 Å². The average Bonchev–Trinajstić information content (AvgIpc) is 3.03. The highest BCUT2D eigenvalue weighted by molar-refractivity contribution is 8.24. The number of hydrogen-bond donors (Lipinski definition) is 2. The maximum atomic E-state index is 13.9. The average molecular weight is 439 g/mol. The number of rotatable bonds is 2. The highest BCUT2D eigenvalue weighted by Gasteiger charge is 2.67. The Labute approximate surface area is 151 Å². The fraction of sp³-hybridized carbons (Fsp3) is 0.167. The van der Waals surface area contributed by atoms with E-state index in [1.807, 2.05) is 0 Å². The molecule has 3 N–H and O–H groups in total. The standard InChI is InChI=1S/C12H6Cl2F6N4OS/c13-6-3-5(11(15,16)17)9(22)8(14)10(6)26(25,4-21,12(18,19)20)7-1-2-23-24-7/h1-3H,22H2,(H,23,24). The van der Waals surface area contributed by atoms with Crippen LogP contribution in [0.2, 0.25) is 10.0 Å². The van der Waals surface area contributed by atoms with Gasteiger partial charge in [-0.1, -0.05) is 23.2 Å². The van der Waals surface area contributed by atoms with Crippen molar-refractivity contribution in [3.63, 3.8) is 0 Å². The smallest absolute Gasteiger partial charge is 0.397 e. The molecule has 2 rings (SSSR count). The molecular formula is C12H6Cl2F6N4OS. The van der Waals surface area contributed by atoms with Crippen molar-refractivity contribution >= 4 is 38.0 Å². The summed E-state index contributed by atoms with van der Waals surface area (Å²) in [6.45, 7) is 0. The van der Waals surface area contributed by atoms with E-state index in [0.717, 1.165) is 6.20 Å². The number of aromatic amines is 1. The lowest BCUT2D eigenvalue weighted by molar-refractivity contribution is -0.136. The maximum absolute atomic E-state index is 13.9. The van der Waals surface area contributed by atoms with Crippen molar-refractivity contribution in [1.29, 1.82) is 5.26 Å². The summed E-state index contributed by atoms with van der Waals surface area (Å²) in [5.74, 6) is 0. The van der Waals surface area contributed by atoms with E-state index >= 15 is 0 Å². The number of anilines is 1. The van der Waals surface area contributed by atoms with Gasteiger partial charge in [-0.05, 0) is 12.1 Å². The van der Waals surface area contributed by atoms with Crippen molar-refractivity contribution < 1.29 is 30.6 Å². The summed E-state index contributed by atoms with van der Waals surface area (Å²) in [4.78, 5) is -1.57. The Bertz CT molecular complexity index is 980. The zero-order valence-corrected chi connectivity index (χ0v) is 14.4. The van der Waals surface area contributed by atoms with Crippen LogP contribution in [0, 0.1) is 10.7 Å². The summed E-state index contributed by atoms with van der Waals surface area (Å²) in [7, 11) is -6.83. The molecule has 0 unspecified atom stereocenters. The lowest BCUT2D eigenvalue weighted by Crippen LogP contribution is -2.47.